The van der Waals surface area contributed by atoms with Crippen LogP contribution in [0, 0.1) is 6.92 Å². The fraction of sp³-hybridized carbons (Fsp3) is 0.0526. The molecular weight excluding hydrogens is 228 g/mol. The van der Waals surface area contributed by atoms with Gasteiger partial charge in [-0.05, 0) is 40.8 Å². The minimum atomic E-state index is 1.09. The molecule has 0 nitrogen and oxygen atoms in total. The maximum atomic E-state index is 3.87. The van der Waals surface area contributed by atoms with Crippen LogP contribution in [0.1, 0.15) is 11.1 Å². The van der Waals surface area contributed by atoms with Crippen LogP contribution in [0.4, 0.5) is 0 Å². The van der Waals surface area contributed by atoms with Gasteiger partial charge in [-0.3, -0.25) is 0 Å². The van der Waals surface area contributed by atoms with E-state index in [-0.39, 0.29) is 0 Å². The van der Waals surface area contributed by atoms with Crippen molar-refractivity contribution in [2.24, 2.45) is 0 Å². The number of hydrogen-bond donors (Lipinski definition) is 0. The molecule has 0 heterocycles. The highest BCUT2D eigenvalue weighted by atomic mass is 14.1. The van der Waals surface area contributed by atoms with Crippen molar-refractivity contribution in [2.75, 3.05) is 0 Å². The van der Waals surface area contributed by atoms with Crippen LogP contribution in [0.3, 0.4) is 0 Å². The monoisotopic (exact) mass is 246 g/mol. The van der Waals surface area contributed by atoms with Crippen molar-refractivity contribution in [1.29, 1.82) is 0 Å². The van der Waals surface area contributed by atoms with E-state index in [9.17, 15) is 0 Å². The Kier molecular flexibility index (Phi) is 4.15. The summed E-state index contributed by atoms with van der Waals surface area (Å²) in [6, 6.07) is 17.0. The van der Waals surface area contributed by atoms with E-state index in [1.54, 1.807) is 6.08 Å². The fourth-order valence-corrected chi connectivity index (χ4v) is 2.16. The highest BCUT2D eigenvalue weighted by Crippen LogP contribution is 2.26. The fourth-order valence-electron chi connectivity index (χ4n) is 2.16. The SMILES string of the molecule is C=C/C=C(\C=C)c1cc(C)cc(-c2ccccc2)c1. The Morgan fingerprint density at radius 1 is 0.947 bits per heavy atom. The summed E-state index contributed by atoms with van der Waals surface area (Å²) in [6.45, 7) is 9.74. The molecule has 0 unspecified atom stereocenters. The normalized spacial score (nSPS) is 11.1. The van der Waals surface area contributed by atoms with E-state index in [4.69, 9.17) is 0 Å². The van der Waals surface area contributed by atoms with Crippen molar-refractivity contribution in [1.82, 2.24) is 0 Å². The van der Waals surface area contributed by atoms with Gasteiger partial charge in [-0.25, -0.2) is 0 Å². The number of rotatable bonds is 4. The first-order chi connectivity index (χ1) is 9.24. The summed E-state index contributed by atoms with van der Waals surface area (Å²) >= 11 is 0. The van der Waals surface area contributed by atoms with Gasteiger partial charge >= 0.3 is 0 Å². The molecule has 0 aliphatic heterocycles. The minimum absolute atomic E-state index is 1.09. The Morgan fingerprint density at radius 2 is 1.68 bits per heavy atom. The summed E-state index contributed by atoms with van der Waals surface area (Å²) in [5.41, 5.74) is 5.97. The molecule has 2 rings (SSSR count). The van der Waals surface area contributed by atoms with Crippen LogP contribution in [-0.2, 0) is 0 Å². The smallest absolute Gasteiger partial charge is 0.0175 e. The molecule has 0 N–H and O–H groups in total. The van der Waals surface area contributed by atoms with Gasteiger partial charge in [0.15, 0.2) is 0 Å². The Morgan fingerprint density at radius 3 is 2.32 bits per heavy atom. The largest absolute Gasteiger partial charge is 0.0990 e. The second kappa shape index (κ2) is 6.01. The third-order valence-electron chi connectivity index (χ3n) is 3.04. The van der Waals surface area contributed by atoms with Crippen LogP contribution in [0.15, 0.2) is 79.9 Å². The molecular formula is C19H18. The number of benzene rings is 2. The first-order valence-corrected chi connectivity index (χ1v) is 6.37. The Hall–Kier alpha value is -2.34. The molecule has 0 saturated heterocycles. The lowest BCUT2D eigenvalue weighted by Gasteiger charge is -2.08. The molecule has 0 bridgehead atoms. The second-order valence-electron chi connectivity index (χ2n) is 4.52. The van der Waals surface area contributed by atoms with Gasteiger partial charge in [-0.2, -0.15) is 0 Å². The lowest BCUT2D eigenvalue weighted by atomic mass is 9.96. The zero-order valence-corrected chi connectivity index (χ0v) is 11.3. The quantitative estimate of drug-likeness (QED) is 0.632. The minimum Gasteiger partial charge on any atom is -0.0990 e. The Bertz CT molecular complexity index is 616. The molecule has 0 atom stereocenters. The van der Waals surface area contributed by atoms with Gasteiger partial charge in [0.25, 0.3) is 0 Å². The van der Waals surface area contributed by atoms with Crippen LogP contribution in [0.5, 0.6) is 0 Å². The van der Waals surface area contributed by atoms with Crippen molar-refractivity contribution < 1.29 is 0 Å². The van der Waals surface area contributed by atoms with E-state index in [0.717, 1.165) is 5.57 Å². The van der Waals surface area contributed by atoms with Crippen LogP contribution < -0.4 is 0 Å². The summed E-state index contributed by atoms with van der Waals surface area (Å²) in [4.78, 5) is 0. The summed E-state index contributed by atoms with van der Waals surface area (Å²) in [5, 5.41) is 0. The molecule has 0 aromatic heterocycles. The number of hydrogen-bond acceptors (Lipinski definition) is 0. The van der Waals surface area contributed by atoms with Crippen molar-refractivity contribution >= 4 is 5.57 Å². The lowest BCUT2D eigenvalue weighted by molar-refractivity contribution is 1.44. The summed E-state index contributed by atoms with van der Waals surface area (Å²) < 4.78 is 0. The van der Waals surface area contributed by atoms with Crippen LogP contribution in [0.2, 0.25) is 0 Å². The van der Waals surface area contributed by atoms with E-state index in [0.29, 0.717) is 0 Å². The Balaban J connectivity index is 2.55. The average molecular weight is 246 g/mol. The Labute approximate surface area is 115 Å². The molecule has 19 heavy (non-hydrogen) atoms. The summed E-state index contributed by atoms with van der Waals surface area (Å²) in [7, 11) is 0. The molecule has 0 saturated carbocycles. The van der Waals surface area contributed by atoms with Gasteiger partial charge in [0.2, 0.25) is 0 Å². The second-order valence-corrected chi connectivity index (χ2v) is 4.52. The van der Waals surface area contributed by atoms with Crippen LogP contribution in [0.25, 0.3) is 16.7 Å². The number of allylic oxidation sites excluding steroid dienone is 4. The molecule has 2 aromatic rings. The average Bonchev–Trinajstić information content (AvgIpc) is 2.45. The van der Waals surface area contributed by atoms with Gasteiger partial charge in [-0.15, -0.1) is 0 Å². The van der Waals surface area contributed by atoms with Crippen molar-refractivity contribution in [2.45, 2.75) is 6.92 Å². The van der Waals surface area contributed by atoms with Crippen molar-refractivity contribution in [3.63, 3.8) is 0 Å². The van der Waals surface area contributed by atoms with Gasteiger partial charge in [0, 0.05) is 0 Å². The molecule has 0 heteroatoms. The third kappa shape index (κ3) is 3.11. The van der Waals surface area contributed by atoms with E-state index in [1.807, 2.05) is 18.2 Å². The lowest BCUT2D eigenvalue weighted by Crippen LogP contribution is -1.86. The van der Waals surface area contributed by atoms with Gasteiger partial charge in [0.1, 0.15) is 0 Å². The van der Waals surface area contributed by atoms with Gasteiger partial charge in [0.05, 0.1) is 0 Å². The third-order valence-corrected chi connectivity index (χ3v) is 3.04. The van der Waals surface area contributed by atoms with Crippen LogP contribution >= 0.6 is 0 Å². The molecule has 0 fully saturated rings. The predicted molar refractivity (Wildman–Crippen MR) is 85.0 cm³/mol. The van der Waals surface area contributed by atoms with Gasteiger partial charge in [-0.1, -0.05) is 73.9 Å². The molecule has 0 aliphatic rings. The van der Waals surface area contributed by atoms with Crippen molar-refractivity contribution in [3.8, 4) is 11.1 Å². The molecule has 0 spiro atoms. The van der Waals surface area contributed by atoms with E-state index in [1.165, 1.54) is 22.3 Å². The van der Waals surface area contributed by atoms with Crippen LogP contribution in [-0.4, -0.2) is 0 Å². The maximum absolute atomic E-state index is 3.87. The standard InChI is InChI=1S/C19H18/c1-4-9-16(5-2)18-12-15(3)13-19(14-18)17-10-7-6-8-11-17/h4-14H,1-2H2,3H3/b16-9+. The van der Waals surface area contributed by atoms with E-state index >= 15 is 0 Å². The molecule has 94 valence electrons. The first kappa shape index (κ1) is 13.1. The zero-order valence-electron chi connectivity index (χ0n) is 11.3. The summed E-state index contributed by atoms with van der Waals surface area (Å²) in [5.74, 6) is 0. The topological polar surface area (TPSA) is 0 Å². The molecule has 0 amide bonds. The van der Waals surface area contributed by atoms with Gasteiger partial charge < -0.3 is 0 Å². The highest BCUT2D eigenvalue weighted by Gasteiger charge is 2.03. The molecule has 0 radical (unpaired) electrons. The van der Waals surface area contributed by atoms with Crippen molar-refractivity contribution in [3.05, 3.63) is 91.0 Å². The predicted octanol–water partition coefficient (Wildman–Crippen LogP) is 5.42. The number of aryl methyl sites for hydroxylation is 1. The molecule has 2 aromatic carbocycles. The molecule has 0 aliphatic carbocycles. The zero-order chi connectivity index (χ0) is 13.7. The van der Waals surface area contributed by atoms with E-state index in [2.05, 4.69) is 62.5 Å². The first-order valence-electron chi connectivity index (χ1n) is 6.37. The van der Waals surface area contributed by atoms with E-state index < -0.39 is 0 Å². The maximum Gasteiger partial charge on any atom is -0.0175 e. The highest BCUT2D eigenvalue weighted by molar-refractivity contribution is 5.78. The summed E-state index contributed by atoms with van der Waals surface area (Å²) in [6.07, 6.45) is 5.64.